The topological polar surface area (TPSA) is 78.4 Å². The second-order valence-corrected chi connectivity index (χ2v) is 8.50. The molecule has 26 heavy (non-hydrogen) atoms. The number of rotatable bonds is 6. The zero-order chi connectivity index (χ0) is 18.3. The van der Waals surface area contributed by atoms with Crippen molar-refractivity contribution in [1.82, 2.24) is 5.32 Å². The van der Waals surface area contributed by atoms with Crippen LogP contribution < -0.4 is 10.6 Å². The second kappa shape index (κ2) is 6.82. The van der Waals surface area contributed by atoms with E-state index in [9.17, 15) is 9.59 Å². The van der Waals surface area contributed by atoms with Gasteiger partial charge in [-0.05, 0) is 60.8 Å². The van der Waals surface area contributed by atoms with Crippen molar-refractivity contribution >= 4 is 33.4 Å². The van der Waals surface area contributed by atoms with Crippen molar-refractivity contribution in [3.8, 4) is 0 Å². The number of halogens is 1. The van der Waals surface area contributed by atoms with E-state index in [1.165, 1.54) is 0 Å². The average Bonchev–Trinajstić information content (AvgIpc) is 3.30. The first-order chi connectivity index (χ1) is 12.6. The number of allylic oxidation sites excluding steroid dienone is 2. The molecular formula is C20H23BrN2O3. The normalized spacial score (nSPS) is 29.8. The van der Waals surface area contributed by atoms with Crippen molar-refractivity contribution in [1.29, 1.82) is 0 Å². The van der Waals surface area contributed by atoms with Gasteiger partial charge in [0.15, 0.2) is 0 Å². The molecule has 0 aliphatic heterocycles. The van der Waals surface area contributed by atoms with Gasteiger partial charge < -0.3 is 15.7 Å². The summed E-state index contributed by atoms with van der Waals surface area (Å²) < 4.78 is 0.955. The standard InChI is InChI=1S/C20H23BrN2O3/c21-12-2-4-13(5-3-12)23-19(26)17-15-7-6-14(20(15)8-9-20)16(17)18(25)22-10-1-11-24/h2-7,14-17,24H,1,8-11H2,(H,22,25)(H,23,26)/t14-,15-,16-,17-/m1/s1. The van der Waals surface area contributed by atoms with Gasteiger partial charge >= 0.3 is 0 Å². The minimum atomic E-state index is -0.328. The van der Waals surface area contributed by atoms with Gasteiger partial charge in [0.05, 0.1) is 11.8 Å². The highest BCUT2D eigenvalue weighted by molar-refractivity contribution is 9.10. The number of benzene rings is 1. The van der Waals surface area contributed by atoms with Crippen LogP contribution in [0.25, 0.3) is 0 Å². The quantitative estimate of drug-likeness (QED) is 0.490. The minimum Gasteiger partial charge on any atom is -0.396 e. The maximum atomic E-state index is 13.1. The lowest BCUT2D eigenvalue weighted by Gasteiger charge is -2.26. The van der Waals surface area contributed by atoms with Crippen molar-refractivity contribution in [2.75, 3.05) is 18.5 Å². The lowest BCUT2D eigenvalue weighted by Crippen LogP contribution is -2.42. The Morgan fingerprint density at radius 2 is 1.69 bits per heavy atom. The Morgan fingerprint density at radius 1 is 1.08 bits per heavy atom. The Labute approximate surface area is 161 Å². The fraction of sp³-hybridized carbons (Fsp3) is 0.500. The van der Waals surface area contributed by atoms with Gasteiger partial charge in [-0.3, -0.25) is 9.59 Å². The maximum Gasteiger partial charge on any atom is 0.228 e. The summed E-state index contributed by atoms with van der Waals surface area (Å²) in [7, 11) is 0. The van der Waals surface area contributed by atoms with E-state index >= 15 is 0 Å². The Balaban J connectivity index is 1.54. The molecular weight excluding hydrogens is 396 g/mol. The van der Waals surface area contributed by atoms with Gasteiger partial charge in [0.2, 0.25) is 11.8 Å². The number of anilines is 1. The summed E-state index contributed by atoms with van der Waals surface area (Å²) in [6.07, 6.45) is 7.03. The van der Waals surface area contributed by atoms with Gasteiger partial charge in [0.1, 0.15) is 0 Å². The lowest BCUT2D eigenvalue weighted by atomic mass is 9.81. The molecule has 4 atom stereocenters. The highest BCUT2D eigenvalue weighted by Crippen LogP contribution is 2.72. The first-order valence-electron chi connectivity index (χ1n) is 9.20. The molecule has 0 saturated heterocycles. The van der Waals surface area contributed by atoms with Gasteiger partial charge in [-0.2, -0.15) is 0 Å². The Morgan fingerprint density at radius 3 is 2.27 bits per heavy atom. The molecule has 2 bridgehead atoms. The van der Waals surface area contributed by atoms with Crippen LogP contribution in [-0.4, -0.2) is 30.1 Å². The third-order valence-electron chi connectivity index (χ3n) is 6.19. The van der Waals surface area contributed by atoms with Crippen LogP contribution in [0.5, 0.6) is 0 Å². The number of aliphatic hydroxyl groups excluding tert-OH is 1. The molecule has 6 heteroatoms. The predicted octanol–water partition coefficient (Wildman–Crippen LogP) is 2.71. The third-order valence-corrected chi connectivity index (χ3v) is 6.72. The lowest BCUT2D eigenvalue weighted by molar-refractivity contribution is -0.132. The number of hydrogen-bond donors (Lipinski definition) is 3. The van der Waals surface area contributed by atoms with E-state index in [-0.39, 0.29) is 47.5 Å². The Hall–Kier alpha value is -1.66. The van der Waals surface area contributed by atoms with Crippen LogP contribution in [0.1, 0.15) is 19.3 Å². The largest absolute Gasteiger partial charge is 0.396 e. The first kappa shape index (κ1) is 17.7. The fourth-order valence-corrected chi connectivity index (χ4v) is 5.14. The minimum absolute atomic E-state index is 0.0499. The van der Waals surface area contributed by atoms with Crippen LogP contribution in [0.2, 0.25) is 0 Å². The summed E-state index contributed by atoms with van der Waals surface area (Å²) >= 11 is 3.39. The Kier molecular flexibility index (Phi) is 4.65. The van der Waals surface area contributed by atoms with Crippen LogP contribution in [0.4, 0.5) is 5.69 Å². The van der Waals surface area contributed by atoms with Crippen molar-refractivity contribution in [3.63, 3.8) is 0 Å². The fourth-order valence-electron chi connectivity index (χ4n) is 4.88. The molecule has 3 N–H and O–H groups in total. The van der Waals surface area contributed by atoms with Gasteiger partial charge in [-0.25, -0.2) is 0 Å². The van der Waals surface area contributed by atoms with Gasteiger partial charge in [-0.1, -0.05) is 28.1 Å². The maximum absolute atomic E-state index is 13.1. The van der Waals surface area contributed by atoms with E-state index in [0.29, 0.717) is 13.0 Å². The third kappa shape index (κ3) is 2.89. The zero-order valence-corrected chi connectivity index (χ0v) is 16.0. The number of carbonyl (C=O) groups is 2. The highest BCUT2D eigenvalue weighted by atomic mass is 79.9. The average molecular weight is 419 g/mol. The molecule has 0 radical (unpaired) electrons. The number of nitrogens with one attached hydrogen (secondary N) is 2. The van der Waals surface area contributed by atoms with Crippen LogP contribution >= 0.6 is 15.9 Å². The molecule has 3 aliphatic rings. The summed E-state index contributed by atoms with van der Waals surface area (Å²) in [4.78, 5) is 25.9. The molecule has 2 fully saturated rings. The molecule has 0 heterocycles. The van der Waals surface area contributed by atoms with Crippen molar-refractivity contribution < 1.29 is 14.7 Å². The van der Waals surface area contributed by atoms with Crippen LogP contribution in [0.15, 0.2) is 40.9 Å². The molecule has 5 nitrogen and oxygen atoms in total. The molecule has 3 aliphatic carbocycles. The zero-order valence-electron chi connectivity index (χ0n) is 14.5. The van der Waals surface area contributed by atoms with Gasteiger partial charge in [0, 0.05) is 23.3 Å². The molecule has 2 saturated carbocycles. The Bertz CT molecular complexity index is 742. The highest BCUT2D eigenvalue weighted by Gasteiger charge is 2.69. The van der Waals surface area contributed by atoms with E-state index < -0.39 is 0 Å². The molecule has 4 rings (SSSR count). The summed E-state index contributed by atoms with van der Waals surface area (Å²) in [5, 5.41) is 14.8. The van der Waals surface area contributed by atoms with E-state index in [0.717, 1.165) is 23.0 Å². The van der Waals surface area contributed by atoms with Crippen LogP contribution in [-0.2, 0) is 9.59 Å². The van der Waals surface area contributed by atoms with Crippen molar-refractivity contribution in [2.24, 2.45) is 29.1 Å². The van der Waals surface area contributed by atoms with Crippen molar-refractivity contribution in [3.05, 3.63) is 40.9 Å². The van der Waals surface area contributed by atoms with Gasteiger partial charge in [-0.15, -0.1) is 0 Å². The summed E-state index contributed by atoms with van der Waals surface area (Å²) in [6, 6.07) is 7.48. The van der Waals surface area contributed by atoms with E-state index in [4.69, 9.17) is 5.11 Å². The summed E-state index contributed by atoms with van der Waals surface area (Å²) in [5.74, 6) is -0.471. The SMILES string of the molecule is O=C(NCCCO)[C@H]1[C@H](C(=O)Nc2ccc(Br)cc2)[C@H]2C=C[C@H]1C21CC1. The van der Waals surface area contributed by atoms with Crippen LogP contribution in [0, 0.1) is 29.1 Å². The number of carbonyl (C=O) groups excluding carboxylic acids is 2. The molecule has 138 valence electrons. The monoisotopic (exact) mass is 418 g/mol. The van der Waals surface area contributed by atoms with Gasteiger partial charge in [0.25, 0.3) is 0 Å². The predicted molar refractivity (Wildman–Crippen MR) is 102 cm³/mol. The molecule has 0 unspecified atom stereocenters. The smallest absolute Gasteiger partial charge is 0.228 e. The summed E-state index contributed by atoms with van der Waals surface area (Å²) in [6.45, 7) is 0.495. The second-order valence-electron chi connectivity index (χ2n) is 7.59. The number of aliphatic hydroxyl groups is 1. The number of amides is 2. The molecule has 2 amide bonds. The molecule has 0 aromatic heterocycles. The van der Waals surface area contributed by atoms with Crippen LogP contribution in [0.3, 0.4) is 0 Å². The first-order valence-corrected chi connectivity index (χ1v) is 9.99. The van der Waals surface area contributed by atoms with Crippen molar-refractivity contribution in [2.45, 2.75) is 19.3 Å². The summed E-state index contributed by atoms with van der Waals surface area (Å²) in [5.41, 5.74) is 0.870. The molecule has 1 spiro atoms. The molecule has 1 aromatic carbocycles. The number of hydrogen-bond acceptors (Lipinski definition) is 3. The van der Waals surface area contributed by atoms with E-state index in [2.05, 4.69) is 38.7 Å². The van der Waals surface area contributed by atoms with E-state index in [1.807, 2.05) is 24.3 Å². The molecule has 1 aromatic rings. The van der Waals surface area contributed by atoms with E-state index in [1.54, 1.807) is 0 Å².